The summed E-state index contributed by atoms with van der Waals surface area (Å²) < 4.78 is 17.6. The molecule has 3 aliphatic heterocycles. The molecule has 0 bridgehead atoms. The van der Waals surface area contributed by atoms with E-state index in [4.69, 9.17) is 14.2 Å². The molecular weight excluding hydrogens is 320 g/mol. The highest BCUT2D eigenvalue weighted by molar-refractivity contribution is 5.94. The van der Waals surface area contributed by atoms with E-state index in [2.05, 4.69) is 4.98 Å². The molecule has 3 fully saturated rings. The van der Waals surface area contributed by atoms with E-state index in [1.165, 1.54) is 0 Å². The molecule has 0 N–H and O–H groups in total. The molecule has 1 aromatic rings. The molecule has 1 aromatic heterocycles. The van der Waals surface area contributed by atoms with E-state index in [1.807, 2.05) is 4.90 Å². The lowest BCUT2D eigenvalue weighted by Crippen LogP contribution is -2.67. The van der Waals surface area contributed by atoms with Crippen LogP contribution in [0.25, 0.3) is 0 Å². The second-order valence-electron chi connectivity index (χ2n) is 7.43. The molecule has 1 atom stereocenters. The fraction of sp³-hybridized carbons (Fsp3) is 0.684. The Balaban J connectivity index is 1.26. The summed E-state index contributed by atoms with van der Waals surface area (Å²) in [5, 5.41) is 0. The Bertz CT molecular complexity index is 582. The minimum atomic E-state index is -0.207. The Morgan fingerprint density at radius 1 is 1.20 bits per heavy atom. The lowest BCUT2D eigenvalue weighted by atomic mass is 9.84. The molecule has 1 spiro atoms. The monoisotopic (exact) mass is 346 g/mol. The van der Waals surface area contributed by atoms with Gasteiger partial charge in [0.15, 0.2) is 0 Å². The number of ether oxygens (including phenoxy) is 3. The van der Waals surface area contributed by atoms with Crippen molar-refractivity contribution in [2.75, 3.05) is 39.5 Å². The first-order chi connectivity index (χ1) is 12.2. The van der Waals surface area contributed by atoms with Crippen molar-refractivity contribution >= 4 is 5.91 Å². The van der Waals surface area contributed by atoms with Gasteiger partial charge in [-0.2, -0.15) is 0 Å². The molecule has 0 saturated carbocycles. The summed E-state index contributed by atoms with van der Waals surface area (Å²) in [5.74, 6) is 0.681. The van der Waals surface area contributed by atoms with Crippen LogP contribution in [0.3, 0.4) is 0 Å². The van der Waals surface area contributed by atoms with Crippen molar-refractivity contribution < 1.29 is 19.0 Å². The average Bonchev–Trinajstić information content (AvgIpc) is 2.65. The van der Waals surface area contributed by atoms with Gasteiger partial charge < -0.3 is 19.1 Å². The van der Waals surface area contributed by atoms with Gasteiger partial charge in [-0.25, -0.2) is 0 Å². The van der Waals surface area contributed by atoms with Gasteiger partial charge in [0.1, 0.15) is 5.60 Å². The molecule has 136 valence electrons. The highest BCUT2D eigenvalue weighted by Crippen LogP contribution is 2.36. The second kappa shape index (κ2) is 7.40. The molecule has 0 aliphatic carbocycles. The van der Waals surface area contributed by atoms with Gasteiger partial charge in [-0.15, -0.1) is 0 Å². The number of carbonyl (C=O) groups is 1. The van der Waals surface area contributed by atoms with E-state index < -0.39 is 0 Å². The Kier molecular flexibility index (Phi) is 5.01. The van der Waals surface area contributed by atoms with Crippen molar-refractivity contribution in [3.63, 3.8) is 0 Å². The molecule has 25 heavy (non-hydrogen) atoms. The van der Waals surface area contributed by atoms with Crippen molar-refractivity contribution in [1.82, 2.24) is 9.88 Å². The smallest absolute Gasteiger partial charge is 0.254 e. The van der Waals surface area contributed by atoms with E-state index in [9.17, 15) is 4.79 Å². The van der Waals surface area contributed by atoms with E-state index in [0.29, 0.717) is 24.6 Å². The molecule has 3 aliphatic rings. The van der Waals surface area contributed by atoms with Crippen LogP contribution in [0.4, 0.5) is 0 Å². The zero-order valence-electron chi connectivity index (χ0n) is 14.6. The first-order valence-corrected chi connectivity index (χ1v) is 9.27. The van der Waals surface area contributed by atoms with Gasteiger partial charge in [-0.1, -0.05) is 0 Å². The summed E-state index contributed by atoms with van der Waals surface area (Å²) in [7, 11) is 0. The topological polar surface area (TPSA) is 60.9 Å². The molecule has 4 heterocycles. The average molecular weight is 346 g/mol. The van der Waals surface area contributed by atoms with Crippen molar-refractivity contribution in [2.24, 2.45) is 5.92 Å². The maximum atomic E-state index is 12.5. The number of nitrogens with zero attached hydrogens (tertiary/aromatic N) is 2. The third-order valence-corrected chi connectivity index (χ3v) is 5.53. The third-order valence-electron chi connectivity index (χ3n) is 5.53. The van der Waals surface area contributed by atoms with Crippen LogP contribution in [-0.2, 0) is 14.2 Å². The van der Waals surface area contributed by atoms with Gasteiger partial charge in [0, 0.05) is 50.8 Å². The minimum Gasteiger partial charge on any atom is -0.381 e. The van der Waals surface area contributed by atoms with E-state index in [-0.39, 0.29) is 17.6 Å². The van der Waals surface area contributed by atoms with Crippen LogP contribution >= 0.6 is 0 Å². The van der Waals surface area contributed by atoms with Gasteiger partial charge >= 0.3 is 0 Å². The van der Waals surface area contributed by atoms with Crippen molar-refractivity contribution in [3.05, 3.63) is 30.1 Å². The van der Waals surface area contributed by atoms with Crippen LogP contribution in [-0.4, -0.2) is 67.0 Å². The third kappa shape index (κ3) is 3.86. The van der Waals surface area contributed by atoms with Gasteiger partial charge in [0.05, 0.1) is 19.2 Å². The predicted molar refractivity (Wildman–Crippen MR) is 91.3 cm³/mol. The Morgan fingerprint density at radius 2 is 1.96 bits per heavy atom. The lowest BCUT2D eigenvalue weighted by molar-refractivity contribution is -0.188. The number of aromatic nitrogens is 1. The molecule has 0 unspecified atom stereocenters. The molecule has 6 heteroatoms. The minimum absolute atomic E-state index is 0.0573. The fourth-order valence-corrected chi connectivity index (χ4v) is 4.00. The summed E-state index contributed by atoms with van der Waals surface area (Å²) in [4.78, 5) is 18.3. The first-order valence-electron chi connectivity index (χ1n) is 9.27. The summed E-state index contributed by atoms with van der Waals surface area (Å²) in [6.07, 6.45) is 7.58. The molecule has 1 amide bonds. The summed E-state index contributed by atoms with van der Waals surface area (Å²) in [5.41, 5.74) is 0.481. The van der Waals surface area contributed by atoms with E-state index >= 15 is 0 Å². The maximum Gasteiger partial charge on any atom is 0.254 e. The number of hydrogen-bond acceptors (Lipinski definition) is 5. The second-order valence-corrected chi connectivity index (χ2v) is 7.43. The van der Waals surface area contributed by atoms with Crippen LogP contribution in [0.15, 0.2) is 24.5 Å². The van der Waals surface area contributed by atoms with Crippen molar-refractivity contribution in [1.29, 1.82) is 0 Å². The van der Waals surface area contributed by atoms with Crippen LogP contribution < -0.4 is 0 Å². The normalized spacial score (nSPS) is 26.4. The molecular formula is C19H26N2O4. The van der Waals surface area contributed by atoms with Crippen molar-refractivity contribution in [2.45, 2.75) is 37.4 Å². The largest absolute Gasteiger partial charge is 0.381 e. The van der Waals surface area contributed by atoms with Crippen LogP contribution in [0.1, 0.15) is 36.0 Å². The molecule has 3 saturated heterocycles. The molecule has 0 radical (unpaired) electrons. The highest BCUT2D eigenvalue weighted by atomic mass is 16.5. The van der Waals surface area contributed by atoms with Crippen molar-refractivity contribution in [3.8, 4) is 0 Å². The Labute approximate surface area is 148 Å². The number of carbonyl (C=O) groups excluding carboxylic acids is 1. The SMILES string of the molecule is O=C(c1ccncc1)N1CC2(C[C@@H](OCC3CCOCC3)CCO2)C1. The molecule has 6 nitrogen and oxygen atoms in total. The first kappa shape index (κ1) is 16.9. The highest BCUT2D eigenvalue weighted by Gasteiger charge is 2.49. The summed E-state index contributed by atoms with van der Waals surface area (Å²) in [6, 6.07) is 3.52. The summed E-state index contributed by atoms with van der Waals surface area (Å²) >= 11 is 0. The zero-order valence-corrected chi connectivity index (χ0v) is 14.6. The number of amides is 1. The Hall–Kier alpha value is -1.50. The maximum absolute atomic E-state index is 12.5. The number of rotatable bonds is 4. The van der Waals surface area contributed by atoms with E-state index in [1.54, 1.807) is 24.5 Å². The van der Waals surface area contributed by atoms with Gasteiger partial charge in [0.25, 0.3) is 5.91 Å². The van der Waals surface area contributed by atoms with Crippen LogP contribution in [0, 0.1) is 5.92 Å². The van der Waals surface area contributed by atoms with Gasteiger partial charge in [-0.05, 0) is 37.3 Å². The molecule has 0 aromatic carbocycles. The van der Waals surface area contributed by atoms with Gasteiger partial charge in [0.2, 0.25) is 0 Å². The summed E-state index contributed by atoms with van der Waals surface area (Å²) in [6.45, 7) is 4.58. The Morgan fingerprint density at radius 3 is 2.72 bits per heavy atom. The fourth-order valence-electron chi connectivity index (χ4n) is 4.00. The molecule has 4 rings (SSSR count). The quantitative estimate of drug-likeness (QED) is 0.833. The standard InChI is InChI=1S/C19H26N2O4/c22-18(16-1-6-20-7-2-16)21-13-19(14-21)11-17(5-10-25-19)24-12-15-3-8-23-9-4-15/h1-2,6-7,15,17H,3-5,8-14H2/t17-/m0/s1. The van der Waals surface area contributed by atoms with Crippen LogP contribution in [0.5, 0.6) is 0 Å². The number of pyridine rings is 1. The van der Waals surface area contributed by atoms with Crippen LogP contribution in [0.2, 0.25) is 0 Å². The number of likely N-dealkylation sites (tertiary alicyclic amines) is 1. The predicted octanol–water partition coefficient (Wildman–Crippen LogP) is 1.90. The zero-order chi connectivity index (χ0) is 17.1. The lowest BCUT2D eigenvalue weighted by Gasteiger charge is -2.53. The van der Waals surface area contributed by atoms with Gasteiger partial charge in [-0.3, -0.25) is 9.78 Å². The van der Waals surface area contributed by atoms with E-state index in [0.717, 1.165) is 52.1 Å². The number of hydrogen-bond donors (Lipinski definition) is 0.